The average Bonchev–Trinajstić information content (AvgIpc) is 1.53. The smallest absolute Gasteiger partial charge is 0.164 e. The predicted molar refractivity (Wildman–Crippen MR) is 451 cm³/mol. The van der Waals surface area contributed by atoms with E-state index >= 15 is 0 Å². The Kier molecular flexibility index (Phi) is 14.9. The van der Waals surface area contributed by atoms with E-state index in [1.807, 2.05) is 78.9 Å². The Hall–Kier alpha value is -14.9. The zero-order valence-corrected chi connectivity index (χ0v) is 60.5. The lowest BCUT2D eigenvalue weighted by Crippen LogP contribution is -2.28. The van der Waals surface area contributed by atoms with Crippen LogP contribution in [-0.4, -0.2) is 29.9 Å². The van der Waals surface area contributed by atoms with Crippen LogP contribution in [-0.2, 0) is 10.8 Å². The SMILES string of the molecule is c1ccc(-c2nc(-c3ccccc3)nc(-c3ccc(-c4ccc5c(c4)oc4cc(C6(c7ccccc7)c7ccccc7-c7cc(-c8ccc(-c9nc(-c%10ccccc%10)nc(-c%10cccc(-c%11ccc%12c(c%11)oc%11cc(C%13(c%14ccccc%14)c%14ccccc%14-c%14ccccc%14%13)ccc%11%12)c%10)n9)cc8)ccc76)ccc45)cc3)n2)cc1. The molecule has 0 saturated carbocycles. The fourth-order valence-corrected chi connectivity index (χ4v) is 17.8. The van der Waals surface area contributed by atoms with Gasteiger partial charge in [-0.2, -0.15) is 0 Å². The summed E-state index contributed by atoms with van der Waals surface area (Å²) in [4.78, 5) is 30.5. The molecule has 4 aromatic heterocycles. The molecule has 1 unspecified atom stereocenters. The Morgan fingerprint density at radius 1 is 0.161 bits per heavy atom. The molecule has 0 N–H and O–H groups in total. The van der Waals surface area contributed by atoms with Crippen LogP contribution in [0.2, 0.25) is 0 Å². The summed E-state index contributed by atoms with van der Waals surface area (Å²) in [7, 11) is 0. The van der Waals surface area contributed by atoms with Crippen LogP contribution in [0.5, 0.6) is 0 Å². The van der Waals surface area contributed by atoms with Crippen molar-refractivity contribution < 1.29 is 8.83 Å². The minimum atomic E-state index is -0.664. The number of benzene rings is 16. The molecule has 8 nitrogen and oxygen atoms in total. The van der Waals surface area contributed by atoms with Crippen molar-refractivity contribution in [1.82, 2.24) is 29.9 Å². The Balaban J connectivity index is 0.574. The maximum atomic E-state index is 6.99. The molecule has 112 heavy (non-hydrogen) atoms. The highest BCUT2D eigenvalue weighted by atomic mass is 16.3. The highest BCUT2D eigenvalue weighted by molar-refractivity contribution is 6.08. The van der Waals surface area contributed by atoms with Gasteiger partial charge < -0.3 is 8.83 Å². The van der Waals surface area contributed by atoms with E-state index < -0.39 is 10.8 Å². The van der Waals surface area contributed by atoms with Gasteiger partial charge in [-0.15, -0.1) is 0 Å². The molecule has 0 spiro atoms. The number of nitrogens with zero attached hydrogens (tertiary/aromatic N) is 6. The summed E-state index contributed by atoms with van der Waals surface area (Å²) in [6.07, 6.45) is 0. The molecule has 0 fully saturated rings. The normalized spacial score (nSPS) is 13.8. The molecule has 522 valence electrons. The van der Waals surface area contributed by atoms with E-state index in [1.165, 1.54) is 55.6 Å². The molecule has 2 aliphatic carbocycles. The third kappa shape index (κ3) is 10.4. The number of furan rings is 2. The van der Waals surface area contributed by atoms with E-state index in [9.17, 15) is 0 Å². The first-order chi connectivity index (χ1) is 55.4. The third-order valence-corrected chi connectivity index (χ3v) is 23.0. The molecular formula is C104H64N6O2. The summed E-state index contributed by atoms with van der Waals surface area (Å²) in [5.74, 6) is 3.63. The summed E-state index contributed by atoms with van der Waals surface area (Å²) in [6.45, 7) is 0. The summed E-state index contributed by atoms with van der Waals surface area (Å²) in [6, 6.07) is 138. The van der Waals surface area contributed by atoms with Gasteiger partial charge in [0.05, 0.1) is 10.8 Å². The van der Waals surface area contributed by atoms with Crippen molar-refractivity contribution in [3.05, 3.63) is 433 Å². The highest BCUT2D eigenvalue weighted by Gasteiger charge is 2.48. The molecule has 20 aromatic rings. The van der Waals surface area contributed by atoms with Crippen molar-refractivity contribution in [3.63, 3.8) is 0 Å². The molecule has 0 radical (unpaired) electrons. The molecule has 0 amide bonds. The van der Waals surface area contributed by atoms with Gasteiger partial charge >= 0.3 is 0 Å². The van der Waals surface area contributed by atoms with Gasteiger partial charge in [-0.25, -0.2) is 29.9 Å². The van der Waals surface area contributed by atoms with Crippen molar-refractivity contribution in [3.8, 4) is 124 Å². The highest BCUT2D eigenvalue weighted by Crippen LogP contribution is 2.59. The first-order valence-corrected chi connectivity index (χ1v) is 37.9. The van der Waals surface area contributed by atoms with E-state index in [2.05, 4.69) is 309 Å². The Labute approximate surface area is 646 Å². The van der Waals surface area contributed by atoms with Gasteiger partial charge in [0, 0.05) is 54.9 Å². The molecule has 22 rings (SSSR count). The third-order valence-electron chi connectivity index (χ3n) is 23.0. The maximum Gasteiger partial charge on any atom is 0.164 e. The predicted octanol–water partition coefficient (Wildman–Crippen LogP) is 25.6. The minimum Gasteiger partial charge on any atom is -0.456 e. The average molecular weight is 1430 g/mol. The van der Waals surface area contributed by atoms with Gasteiger partial charge in [0.1, 0.15) is 22.3 Å². The largest absolute Gasteiger partial charge is 0.456 e. The molecule has 8 heteroatoms. The molecule has 0 saturated heterocycles. The second-order valence-corrected chi connectivity index (χ2v) is 29.1. The number of aromatic nitrogens is 6. The molecule has 0 bridgehead atoms. The molecular weight excluding hydrogens is 1370 g/mol. The molecule has 2 aliphatic rings. The topological polar surface area (TPSA) is 104 Å². The van der Waals surface area contributed by atoms with Crippen molar-refractivity contribution >= 4 is 43.9 Å². The van der Waals surface area contributed by atoms with Crippen LogP contribution in [0.25, 0.3) is 168 Å². The number of hydrogen-bond donors (Lipinski definition) is 0. The van der Waals surface area contributed by atoms with Crippen molar-refractivity contribution in [1.29, 1.82) is 0 Å². The summed E-state index contributed by atoms with van der Waals surface area (Å²) in [5, 5.41) is 4.26. The van der Waals surface area contributed by atoms with Gasteiger partial charge in [-0.05, 0) is 149 Å². The van der Waals surface area contributed by atoms with Crippen LogP contribution in [0, 0.1) is 0 Å². The fourth-order valence-electron chi connectivity index (χ4n) is 17.8. The first-order valence-electron chi connectivity index (χ1n) is 37.9. The Bertz CT molecular complexity index is 7000. The van der Waals surface area contributed by atoms with Crippen molar-refractivity contribution in [2.24, 2.45) is 0 Å². The molecule has 1 atom stereocenters. The van der Waals surface area contributed by atoms with E-state index in [0.29, 0.717) is 34.9 Å². The van der Waals surface area contributed by atoms with Crippen LogP contribution >= 0.6 is 0 Å². The van der Waals surface area contributed by atoms with Gasteiger partial charge in [0.2, 0.25) is 0 Å². The molecule has 0 aliphatic heterocycles. The lowest BCUT2D eigenvalue weighted by molar-refractivity contribution is 0.665. The van der Waals surface area contributed by atoms with Crippen LogP contribution in [0.4, 0.5) is 0 Å². The molecule has 4 heterocycles. The van der Waals surface area contributed by atoms with Crippen LogP contribution in [0.15, 0.2) is 397 Å². The lowest BCUT2D eigenvalue weighted by atomic mass is 9.67. The summed E-state index contributed by atoms with van der Waals surface area (Å²) in [5.41, 5.74) is 28.4. The quantitative estimate of drug-likeness (QED) is 0.112. The monoisotopic (exact) mass is 1430 g/mol. The van der Waals surface area contributed by atoms with Gasteiger partial charge in [0.25, 0.3) is 0 Å². The summed E-state index contributed by atoms with van der Waals surface area (Å²) >= 11 is 0. The second-order valence-electron chi connectivity index (χ2n) is 29.1. The standard InChI is InChI=1S/C104H64N6O2/c1-6-23-67(24-7-1)97-105-98(68-25-8-2-9-26-68)107-100(106-97)70-47-43-66(44-48-70)74-49-54-84-86-57-53-80(64-96(86)111-93(84)61-74)104(78-33-14-5-15-34-78)91-40-21-18-37-83(91)88-60-73(51-58-92(88)104)65-41-45-71(46-42-65)101-108-99(69-27-10-3-11-28-69)109-102(110-101)76-30-22-29-72(59-76)75-50-55-85-87-56-52-79(63-95(87)112-94(85)62-75)103(77-31-12-4-13-32-77)89-38-19-16-35-81(89)82-36-17-20-39-90(82)103/h1-64H. The minimum absolute atomic E-state index is 0.530. The van der Waals surface area contributed by atoms with E-state index in [4.69, 9.17) is 38.7 Å². The van der Waals surface area contributed by atoms with Crippen LogP contribution in [0.3, 0.4) is 0 Å². The number of rotatable bonds is 13. The molecule has 16 aromatic carbocycles. The van der Waals surface area contributed by atoms with Crippen LogP contribution < -0.4 is 0 Å². The Morgan fingerprint density at radius 2 is 0.429 bits per heavy atom. The van der Waals surface area contributed by atoms with Gasteiger partial charge in [-0.3, -0.25) is 0 Å². The van der Waals surface area contributed by atoms with Crippen LogP contribution in [0.1, 0.15) is 44.5 Å². The van der Waals surface area contributed by atoms with E-state index in [-0.39, 0.29) is 0 Å². The van der Waals surface area contributed by atoms with E-state index in [0.717, 1.165) is 122 Å². The van der Waals surface area contributed by atoms with Gasteiger partial charge in [-0.1, -0.05) is 340 Å². The van der Waals surface area contributed by atoms with Gasteiger partial charge in [0.15, 0.2) is 34.9 Å². The number of fused-ring (bicyclic) bond motifs is 12. The van der Waals surface area contributed by atoms with Crippen molar-refractivity contribution in [2.45, 2.75) is 10.8 Å². The zero-order chi connectivity index (χ0) is 73.9. The van der Waals surface area contributed by atoms with Crippen molar-refractivity contribution in [2.75, 3.05) is 0 Å². The van der Waals surface area contributed by atoms with E-state index in [1.54, 1.807) is 0 Å². The number of hydrogen-bond acceptors (Lipinski definition) is 8. The lowest BCUT2D eigenvalue weighted by Gasteiger charge is -2.33. The summed E-state index contributed by atoms with van der Waals surface area (Å²) < 4.78 is 13.9. The maximum absolute atomic E-state index is 6.99. The first kappa shape index (κ1) is 64.3. The fraction of sp³-hybridized carbons (Fsp3) is 0.0192. The zero-order valence-electron chi connectivity index (χ0n) is 60.5. The second kappa shape index (κ2) is 25.9. The Morgan fingerprint density at radius 3 is 0.848 bits per heavy atom.